The summed E-state index contributed by atoms with van der Waals surface area (Å²) in [4.78, 5) is 45.0. The highest BCUT2D eigenvalue weighted by atomic mass is 19.1. The molecule has 0 saturated heterocycles. The molecule has 38 heavy (non-hydrogen) atoms. The summed E-state index contributed by atoms with van der Waals surface area (Å²) in [5.74, 6) is 0.106. The van der Waals surface area contributed by atoms with Gasteiger partial charge in [0.2, 0.25) is 5.91 Å². The second kappa shape index (κ2) is 12.1. The summed E-state index contributed by atoms with van der Waals surface area (Å²) in [6.45, 7) is 4.62. The van der Waals surface area contributed by atoms with Gasteiger partial charge < -0.3 is 16.0 Å². The standard InChI is InChI=1S/C27H29FN8O2/c1-16(19-6-4-7-20-25(27(38)29-3)21(28)14-34-26(19)20)11-31-24-10-22(35-15-36-24)18-12-32-23(33-13-18)8-5-9-30-17(2)37/h4,6-7,10,12-16H,5,8-9,11H2,1-3H3,(H,29,38)(H,30,37)(H,31,35,36)/t16-/m1/s1. The van der Waals surface area contributed by atoms with Crippen LogP contribution in [0.15, 0.2) is 49.2 Å². The van der Waals surface area contributed by atoms with E-state index in [1.165, 1.54) is 20.3 Å². The zero-order valence-corrected chi connectivity index (χ0v) is 21.5. The number of amides is 2. The van der Waals surface area contributed by atoms with Gasteiger partial charge in [0.25, 0.3) is 5.91 Å². The number of carbonyl (C=O) groups excluding carboxylic acids is 2. The van der Waals surface area contributed by atoms with Crippen LogP contribution in [0, 0.1) is 5.82 Å². The number of rotatable bonds is 10. The highest BCUT2D eigenvalue weighted by molar-refractivity contribution is 6.06. The molecule has 3 N–H and O–H groups in total. The predicted octanol–water partition coefficient (Wildman–Crippen LogP) is 3.26. The predicted molar refractivity (Wildman–Crippen MR) is 142 cm³/mol. The molecule has 2 amide bonds. The van der Waals surface area contributed by atoms with Crippen molar-refractivity contribution in [1.29, 1.82) is 0 Å². The summed E-state index contributed by atoms with van der Waals surface area (Å²) in [7, 11) is 1.47. The Morgan fingerprint density at radius 3 is 2.58 bits per heavy atom. The lowest BCUT2D eigenvalue weighted by molar-refractivity contribution is -0.118. The third-order valence-corrected chi connectivity index (χ3v) is 6.08. The number of hydrogen-bond acceptors (Lipinski definition) is 8. The molecule has 10 nitrogen and oxygen atoms in total. The van der Waals surface area contributed by atoms with Crippen molar-refractivity contribution in [3.8, 4) is 11.3 Å². The maximum absolute atomic E-state index is 14.4. The van der Waals surface area contributed by atoms with Crippen LogP contribution < -0.4 is 16.0 Å². The first kappa shape index (κ1) is 26.5. The number of benzene rings is 1. The van der Waals surface area contributed by atoms with Gasteiger partial charge in [-0.25, -0.2) is 24.3 Å². The molecular formula is C27H29FN8O2. The van der Waals surface area contributed by atoms with Crippen molar-refractivity contribution in [1.82, 2.24) is 35.6 Å². The number of nitrogens with zero attached hydrogens (tertiary/aromatic N) is 5. The highest BCUT2D eigenvalue weighted by Crippen LogP contribution is 2.28. The summed E-state index contributed by atoms with van der Waals surface area (Å²) in [5.41, 5.74) is 2.89. The molecular weight excluding hydrogens is 487 g/mol. The van der Waals surface area contributed by atoms with E-state index >= 15 is 0 Å². The molecule has 0 bridgehead atoms. The van der Waals surface area contributed by atoms with Gasteiger partial charge >= 0.3 is 0 Å². The van der Waals surface area contributed by atoms with Crippen LogP contribution in [0.1, 0.15) is 47.9 Å². The number of aromatic nitrogens is 5. The van der Waals surface area contributed by atoms with Crippen molar-refractivity contribution in [3.05, 3.63) is 72.0 Å². The fourth-order valence-corrected chi connectivity index (χ4v) is 4.08. The monoisotopic (exact) mass is 516 g/mol. The fraction of sp³-hybridized carbons (Fsp3) is 0.296. The second-order valence-corrected chi connectivity index (χ2v) is 8.85. The van der Waals surface area contributed by atoms with Crippen molar-refractivity contribution in [2.24, 2.45) is 0 Å². The molecule has 3 heterocycles. The van der Waals surface area contributed by atoms with Gasteiger partial charge in [0.1, 0.15) is 18.0 Å². The van der Waals surface area contributed by atoms with Crippen LogP contribution in [0.5, 0.6) is 0 Å². The third-order valence-electron chi connectivity index (χ3n) is 6.08. The normalized spacial score (nSPS) is 11.7. The molecule has 0 aliphatic heterocycles. The molecule has 1 atom stereocenters. The number of aryl methyl sites for hydroxylation is 1. The third kappa shape index (κ3) is 6.23. The number of para-hydroxylation sites is 1. The quantitative estimate of drug-likeness (QED) is 0.274. The summed E-state index contributed by atoms with van der Waals surface area (Å²) in [5, 5.41) is 9.04. The van der Waals surface area contributed by atoms with Crippen molar-refractivity contribution in [2.75, 3.05) is 25.5 Å². The Morgan fingerprint density at radius 1 is 1.05 bits per heavy atom. The molecule has 0 aliphatic carbocycles. The van der Waals surface area contributed by atoms with Crippen LogP contribution in [0.4, 0.5) is 10.2 Å². The van der Waals surface area contributed by atoms with E-state index < -0.39 is 11.7 Å². The van der Waals surface area contributed by atoms with Crippen LogP contribution in [-0.2, 0) is 11.2 Å². The summed E-state index contributed by atoms with van der Waals surface area (Å²) in [6.07, 6.45) is 7.42. The Bertz CT molecular complexity index is 1450. The Balaban J connectivity index is 1.44. The van der Waals surface area contributed by atoms with Crippen LogP contribution in [-0.4, -0.2) is 56.9 Å². The second-order valence-electron chi connectivity index (χ2n) is 8.85. The lowest BCUT2D eigenvalue weighted by atomic mass is 9.96. The van der Waals surface area contributed by atoms with E-state index in [1.54, 1.807) is 24.5 Å². The molecule has 0 saturated carbocycles. The number of hydrogen-bond donors (Lipinski definition) is 3. The minimum absolute atomic E-state index is 0.0130. The SMILES string of the molecule is CNC(=O)c1c(F)cnc2c([C@H](C)CNc3cc(-c4cnc(CCCNC(C)=O)nc4)ncn3)cccc12. The first-order valence-electron chi connectivity index (χ1n) is 12.3. The van der Waals surface area contributed by atoms with Crippen molar-refractivity contribution in [3.63, 3.8) is 0 Å². The number of halogens is 1. The minimum atomic E-state index is -0.657. The van der Waals surface area contributed by atoms with E-state index in [-0.39, 0.29) is 17.4 Å². The van der Waals surface area contributed by atoms with Gasteiger partial charge in [0.15, 0.2) is 5.82 Å². The largest absolute Gasteiger partial charge is 0.369 e. The van der Waals surface area contributed by atoms with Gasteiger partial charge in [-0.3, -0.25) is 14.6 Å². The van der Waals surface area contributed by atoms with Crippen LogP contribution in [0.25, 0.3) is 22.2 Å². The molecule has 11 heteroatoms. The fourth-order valence-electron chi connectivity index (χ4n) is 4.08. The maximum atomic E-state index is 14.4. The molecule has 4 rings (SSSR count). The number of pyridine rings is 1. The molecule has 0 aliphatic rings. The molecule has 4 aromatic rings. The molecule has 0 spiro atoms. The molecule has 3 aromatic heterocycles. The molecule has 0 unspecified atom stereocenters. The zero-order valence-electron chi connectivity index (χ0n) is 21.5. The summed E-state index contributed by atoms with van der Waals surface area (Å²) in [6, 6.07) is 7.25. The Kier molecular flexibility index (Phi) is 8.47. The van der Waals surface area contributed by atoms with E-state index in [2.05, 4.69) is 40.9 Å². The van der Waals surface area contributed by atoms with Gasteiger partial charge in [0.05, 0.1) is 23.0 Å². The van der Waals surface area contributed by atoms with Crippen LogP contribution >= 0.6 is 0 Å². The van der Waals surface area contributed by atoms with Gasteiger partial charge in [-0.15, -0.1) is 0 Å². The number of nitrogens with one attached hydrogen (secondary N) is 3. The van der Waals surface area contributed by atoms with Gasteiger partial charge in [-0.1, -0.05) is 25.1 Å². The molecule has 196 valence electrons. The van der Waals surface area contributed by atoms with Gasteiger partial charge in [0, 0.05) is 68.8 Å². The Labute approximate surface area is 219 Å². The van der Waals surface area contributed by atoms with Gasteiger partial charge in [-0.2, -0.15) is 0 Å². The van der Waals surface area contributed by atoms with E-state index in [4.69, 9.17) is 0 Å². The lowest BCUT2D eigenvalue weighted by Gasteiger charge is -2.17. The summed E-state index contributed by atoms with van der Waals surface area (Å²) >= 11 is 0. The van der Waals surface area contributed by atoms with E-state index in [1.807, 2.05) is 19.1 Å². The number of fused-ring (bicyclic) bond motifs is 1. The topological polar surface area (TPSA) is 135 Å². The first-order valence-corrected chi connectivity index (χ1v) is 12.3. The smallest absolute Gasteiger partial charge is 0.254 e. The van der Waals surface area contributed by atoms with Gasteiger partial charge in [-0.05, 0) is 12.0 Å². The Morgan fingerprint density at radius 2 is 1.84 bits per heavy atom. The van der Waals surface area contributed by atoms with E-state index in [9.17, 15) is 14.0 Å². The first-order chi connectivity index (χ1) is 18.4. The van der Waals surface area contributed by atoms with E-state index in [0.717, 1.165) is 23.7 Å². The summed E-state index contributed by atoms with van der Waals surface area (Å²) < 4.78 is 14.4. The number of carbonyl (C=O) groups is 2. The molecule has 0 radical (unpaired) electrons. The van der Waals surface area contributed by atoms with Crippen LogP contribution in [0.3, 0.4) is 0 Å². The minimum Gasteiger partial charge on any atom is -0.369 e. The van der Waals surface area contributed by atoms with Crippen molar-refractivity contribution in [2.45, 2.75) is 32.6 Å². The zero-order chi connectivity index (χ0) is 27.1. The molecule has 0 fully saturated rings. The van der Waals surface area contributed by atoms with Crippen LogP contribution in [0.2, 0.25) is 0 Å². The average molecular weight is 517 g/mol. The van der Waals surface area contributed by atoms with E-state index in [0.29, 0.717) is 47.7 Å². The lowest BCUT2D eigenvalue weighted by Crippen LogP contribution is -2.21. The van der Waals surface area contributed by atoms with Crippen molar-refractivity contribution >= 4 is 28.5 Å². The van der Waals surface area contributed by atoms with Crippen molar-refractivity contribution < 1.29 is 14.0 Å². The highest BCUT2D eigenvalue weighted by Gasteiger charge is 2.19. The molecule has 1 aromatic carbocycles. The number of anilines is 1. The Hall–Kier alpha value is -4.54. The average Bonchev–Trinajstić information content (AvgIpc) is 2.93. The maximum Gasteiger partial charge on any atom is 0.254 e.